The van der Waals surface area contributed by atoms with Gasteiger partial charge in [-0.05, 0) is 77.7 Å². The van der Waals surface area contributed by atoms with Crippen LogP contribution >= 0.6 is 0 Å². The Kier molecular flexibility index (Phi) is 4.63. The minimum atomic E-state index is 0.541. The number of nitrogens with zero attached hydrogens (tertiary/aromatic N) is 3. The Balaban J connectivity index is 1.26. The first-order valence-electron chi connectivity index (χ1n) is 15.8. The van der Waals surface area contributed by atoms with Gasteiger partial charge >= 0.3 is 6.01 Å². The Bertz CT molecular complexity index is 2930. The fourth-order valence-corrected chi connectivity index (χ4v) is 7.86. The van der Waals surface area contributed by atoms with Crippen LogP contribution in [0.2, 0.25) is 0 Å². The first-order valence-corrected chi connectivity index (χ1v) is 15.8. The van der Waals surface area contributed by atoms with Crippen LogP contribution in [0.1, 0.15) is 17.7 Å². The highest BCUT2D eigenvalue weighted by molar-refractivity contribution is 6.22. The molecule has 4 aromatic heterocycles. The van der Waals surface area contributed by atoms with E-state index in [9.17, 15) is 0 Å². The lowest BCUT2D eigenvalue weighted by Crippen LogP contribution is -2.01. The van der Waals surface area contributed by atoms with E-state index in [0.29, 0.717) is 6.01 Å². The molecule has 1 aliphatic rings. The van der Waals surface area contributed by atoms with Crippen molar-refractivity contribution in [2.45, 2.75) is 12.8 Å². The van der Waals surface area contributed by atoms with Gasteiger partial charge < -0.3 is 13.4 Å². The normalized spacial score (nSPS) is 13.4. The summed E-state index contributed by atoms with van der Waals surface area (Å²) in [6.07, 6.45) is 6.69. The zero-order valence-electron chi connectivity index (χ0n) is 24.7. The monoisotopic (exact) mass is 591 g/mol. The Morgan fingerprint density at radius 3 is 2.39 bits per heavy atom. The highest BCUT2D eigenvalue weighted by atomic mass is 16.4. The SMILES string of the molecule is C1=Cc2c(c3ccccc3n2-c2ccc3c4c5ccccc5ccc4n(-c4nc5ccc6oc7ccccc7c6c5o4)c3c2)CC1. The van der Waals surface area contributed by atoms with Crippen LogP contribution in [-0.4, -0.2) is 14.1 Å². The van der Waals surface area contributed by atoms with Crippen LogP contribution in [0.5, 0.6) is 0 Å². The summed E-state index contributed by atoms with van der Waals surface area (Å²) >= 11 is 0. The van der Waals surface area contributed by atoms with Crippen molar-refractivity contribution < 1.29 is 8.83 Å². The topological polar surface area (TPSA) is 49.0 Å². The highest BCUT2D eigenvalue weighted by Gasteiger charge is 2.23. The van der Waals surface area contributed by atoms with Crippen molar-refractivity contribution in [3.8, 4) is 11.7 Å². The molecule has 216 valence electrons. The number of hydrogen-bond donors (Lipinski definition) is 0. The summed E-state index contributed by atoms with van der Waals surface area (Å²) in [5.41, 5.74) is 10.3. The lowest BCUT2D eigenvalue weighted by molar-refractivity contribution is 0.577. The van der Waals surface area contributed by atoms with Crippen LogP contribution in [-0.2, 0) is 6.42 Å². The number of oxazole rings is 1. The van der Waals surface area contributed by atoms with Gasteiger partial charge in [0.2, 0.25) is 0 Å². The van der Waals surface area contributed by atoms with Crippen molar-refractivity contribution in [3.05, 3.63) is 133 Å². The number of aryl methyl sites for hydroxylation is 1. The second-order valence-corrected chi connectivity index (χ2v) is 12.3. The van der Waals surface area contributed by atoms with Crippen LogP contribution < -0.4 is 0 Å². The molecule has 6 aromatic carbocycles. The lowest BCUT2D eigenvalue weighted by atomic mass is 10.0. The van der Waals surface area contributed by atoms with Gasteiger partial charge in [0.05, 0.1) is 21.9 Å². The summed E-state index contributed by atoms with van der Waals surface area (Å²) in [6, 6.07) is 41.2. The molecule has 5 heteroatoms. The van der Waals surface area contributed by atoms with E-state index in [-0.39, 0.29) is 0 Å². The predicted molar refractivity (Wildman–Crippen MR) is 187 cm³/mol. The largest absolute Gasteiger partial charge is 0.456 e. The van der Waals surface area contributed by atoms with Crippen molar-refractivity contribution in [3.63, 3.8) is 0 Å². The van der Waals surface area contributed by atoms with Gasteiger partial charge in [0.15, 0.2) is 5.58 Å². The fourth-order valence-electron chi connectivity index (χ4n) is 7.86. The van der Waals surface area contributed by atoms with E-state index in [0.717, 1.165) is 68.0 Å². The summed E-state index contributed by atoms with van der Waals surface area (Å²) < 4.78 is 17.6. The zero-order valence-corrected chi connectivity index (χ0v) is 24.7. The molecule has 0 bridgehead atoms. The minimum Gasteiger partial charge on any atom is -0.456 e. The number of para-hydroxylation sites is 2. The zero-order chi connectivity index (χ0) is 29.9. The molecular formula is C41H25N3O2. The number of rotatable bonds is 2. The predicted octanol–water partition coefficient (Wildman–Crippen LogP) is 10.9. The quantitative estimate of drug-likeness (QED) is 0.201. The second kappa shape index (κ2) is 8.77. The molecule has 0 radical (unpaired) electrons. The number of hydrogen-bond acceptors (Lipinski definition) is 3. The van der Waals surface area contributed by atoms with Crippen LogP contribution in [0.3, 0.4) is 0 Å². The lowest BCUT2D eigenvalue weighted by Gasteiger charge is -2.13. The standard InChI is InChI=1S/C41H25N3O2/c1-2-10-26-24(9-1)17-21-34-38(26)29-19-18-25(43-32-14-6-3-11-27(32)28-12-4-7-15-33(28)43)23-35(29)44(34)41-42-31-20-22-37-39(40(31)46-41)30-13-5-8-16-36(30)45-37/h1-3,5-11,13-23H,4,12H2. The van der Waals surface area contributed by atoms with Gasteiger partial charge in [-0.25, -0.2) is 0 Å². The fraction of sp³-hybridized carbons (Fsp3) is 0.0488. The number of benzene rings is 6. The van der Waals surface area contributed by atoms with Crippen LogP contribution in [0.25, 0.3) is 94.3 Å². The maximum atomic E-state index is 6.79. The van der Waals surface area contributed by atoms with Gasteiger partial charge in [-0.3, -0.25) is 4.57 Å². The molecule has 1 aliphatic carbocycles. The van der Waals surface area contributed by atoms with Crippen LogP contribution in [0.15, 0.2) is 130 Å². The second-order valence-electron chi connectivity index (χ2n) is 12.3. The van der Waals surface area contributed by atoms with E-state index in [1.165, 1.54) is 38.3 Å². The van der Waals surface area contributed by atoms with Gasteiger partial charge in [-0.2, -0.15) is 4.98 Å². The molecule has 0 atom stereocenters. The van der Waals surface area contributed by atoms with Gasteiger partial charge in [-0.15, -0.1) is 0 Å². The molecule has 0 amide bonds. The molecule has 46 heavy (non-hydrogen) atoms. The first kappa shape index (κ1) is 24.3. The number of fused-ring (bicyclic) bond motifs is 13. The number of aromatic nitrogens is 3. The maximum Gasteiger partial charge on any atom is 0.307 e. The number of furan rings is 1. The third-order valence-corrected chi connectivity index (χ3v) is 9.83. The third-order valence-electron chi connectivity index (χ3n) is 9.83. The summed E-state index contributed by atoms with van der Waals surface area (Å²) in [5.74, 6) is 0. The smallest absolute Gasteiger partial charge is 0.307 e. The van der Waals surface area contributed by atoms with Crippen molar-refractivity contribution in [2.24, 2.45) is 0 Å². The summed E-state index contributed by atoms with van der Waals surface area (Å²) in [6.45, 7) is 0. The van der Waals surface area contributed by atoms with Gasteiger partial charge in [0.25, 0.3) is 0 Å². The summed E-state index contributed by atoms with van der Waals surface area (Å²) in [7, 11) is 0. The van der Waals surface area contributed by atoms with Crippen molar-refractivity contribution in [1.82, 2.24) is 14.1 Å². The first-order chi connectivity index (χ1) is 22.8. The third kappa shape index (κ3) is 3.11. The van der Waals surface area contributed by atoms with Gasteiger partial charge in [-0.1, -0.05) is 78.9 Å². The molecular weight excluding hydrogens is 566 g/mol. The van der Waals surface area contributed by atoms with E-state index in [2.05, 4.69) is 106 Å². The molecule has 0 saturated heterocycles. The van der Waals surface area contributed by atoms with Crippen molar-refractivity contribution in [1.29, 1.82) is 0 Å². The summed E-state index contributed by atoms with van der Waals surface area (Å²) in [5, 5.41) is 8.08. The Labute approximate surface area is 262 Å². The molecule has 0 aliphatic heterocycles. The average Bonchev–Trinajstić information content (AvgIpc) is 3.86. The Hall–Kier alpha value is -6.07. The molecule has 10 aromatic rings. The van der Waals surface area contributed by atoms with E-state index < -0.39 is 0 Å². The molecule has 0 N–H and O–H groups in total. The Morgan fingerprint density at radius 1 is 0.587 bits per heavy atom. The van der Waals surface area contributed by atoms with Gasteiger partial charge in [0.1, 0.15) is 16.7 Å². The van der Waals surface area contributed by atoms with E-state index >= 15 is 0 Å². The molecule has 0 saturated carbocycles. The molecule has 0 unspecified atom stereocenters. The molecule has 0 spiro atoms. The molecule has 5 nitrogen and oxygen atoms in total. The van der Waals surface area contributed by atoms with E-state index in [1.807, 2.05) is 30.3 Å². The van der Waals surface area contributed by atoms with Crippen molar-refractivity contribution in [2.75, 3.05) is 0 Å². The molecule has 11 rings (SSSR count). The molecule has 0 fully saturated rings. The Morgan fingerprint density at radius 2 is 1.43 bits per heavy atom. The van der Waals surface area contributed by atoms with Crippen molar-refractivity contribution >= 4 is 82.6 Å². The average molecular weight is 592 g/mol. The minimum absolute atomic E-state index is 0.541. The maximum absolute atomic E-state index is 6.79. The van der Waals surface area contributed by atoms with E-state index in [4.69, 9.17) is 13.8 Å². The highest BCUT2D eigenvalue weighted by Crippen LogP contribution is 2.41. The summed E-state index contributed by atoms with van der Waals surface area (Å²) in [4.78, 5) is 5.12. The van der Waals surface area contributed by atoms with Crippen LogP contribution in [0.4, 0.5) is 0 Å². The van der Waals surface area contributed by atoms with Gasteiger partial charge in [0, 0.05) is 32.9 Å². The molecule has 4 heterocycles. The van der Waals surface area contributed by atoms with E-state index in [1.54, 1.807) is 0 Å². The van der Waals surface area contributed by atoms with Crippen LogP contribution in [0, 0.1) is 0 Å². The number of allylic oxidation sites excluding steroid dienone is 1.